The van der Waals surface area contributed by atoms with Crippen LogP contribution in [0, 0.1) is 10.1 Å². The van der Waals surface area contributed by atoms with Crippen molar-refractivity contribution in [2.45, 2.75) is 6.54 Å². The van der Waals surface area contributed by atoms with Gasteiger partial charge in [0.2, 0.25) is 0 Å². The average molecular weight is 341 g/mol. The monoisotopic (exact) mass is 340 g/mol. The van der Waals surface area contributed by atoms with Gasteiger partial charge < -0.3 is 25.9 Å². The summed E-state index contributed by atoms with van der Waals surface area (Å²) >= 11 is 0. The van der Waals surface area contributed by atoms with Crippen molar-refractivity contribution < 1.29 is 30.8 Å². The molecule has 0 saturated heterocycles. The molecule has 1 aromatic carbocycles. The highest BCUT2D eigenvalue weighted by molar-refractivity contribution is 5.59. The molecule has 0 fully saturated rings. The van der Waals surface area contributed by atoms with E-state index in [0.29, 0.717) is 0 Å². The van der Waals surface area contributed by atoms with Gasteiger partial charge in [0.05, 0.1) is 26.1 Å². The van der Waals surface area contributed by atoms with Crippen molar-refractivity contribution in [1.82, 2.24) is 0 Å². The first-order chi connectivity index (χ1) is 8.85. The number of rotatable bonds is 4. The summed E-state index contributed by atoms with van der Waals surface area (Å²) in [5, 5.41) is 10.6. The second-order valence-electron chi connectivity index (χ2n) is 5.52. The summed E-state index contributed by atoms with van der Waals surface area (Å²) in [7, 11) is 6.27. The number of halogens is 1. The standard InChI is InChI=1S/C14H17N2O3.BrH/c1-16(2,3)10-13-8-9-14(19-13)11-4-6-12(7-5-11)15(17)18;/h4-9H,10H2,1-3H3;1H/q+1;/p-1. The molecule has 6 heteroatoms. The summed E-state index contributed by atoms with van der Waals surface area (Å²) in [6, 6.07) is 10.2. The average Bonchev–Trinajstić information content (AvgIpc) is 2.75. The number of nitro benzene ring substituents is 1. The summed E-state index contributed by atoms with van der Waals surface area (Å²) in [6.07, 6.45) is 0. The minimum absolute atomic E-state index is 0. The molecule has 20 heavy (non-hydrogen) atoms. The maximum Gasteiger partial charge on any atom is 0.269 e. The van der Waals surface area contributed by atoms with Crippen LogP contribution < -0.4 is 17.0 Å². The van der Waals surface area contributed by atoms with Gasteiger partial charge in [-0.15, -0.1) is 0 Å². The lowest BCUT2D eigenvalue weighted by molar-refractivity contribution is -0.884. The number of nitrogens with zero attached hydrogens (tertiary/aromatic N) is 2. The Balaban J connectivity index is 0.00000200. The number of nitro groups is 1. The summed E-state index contributed by atoms with van der Waals surface area (Å²) in [4.78, 5) is 10.2. The van der Waals surface area contributed by atoms with Crippen LogP contribution in [0.1, 0.15) is 5.76 Å². The van der Waals surface area contributed by atoms with Gasteiger partial charge >= 0.3 is 0 Å². The normalized spacial score (nSPS) is 10.9. The lowest BCUT2D eigenvalue weighted by Crippen LogP contribution is -3.00. The van der Waals surface area contributed by atoms with E-state index in [1.165, 1.54) is 12.1 Å². The molecule has 1 heterocycles. The zero-order chi connectivity index (χ0) is 14.0. The Bertz CT molecular complexity index is 585. The number of hydrogen-bond donors (Lipinski definition) is 0. The highest BCUT2D eigenvalue weighted by Gasteiger charge is 2.13. The molecule has 1 aromatic heterocycles. The van der Waals surface area contributed by atoms with Gasteiger partial charge in [0.15, 0.2) is 5.76 Å². The van der Waals surface area contributed by atoms with E-state index in [9.17, 15) is 10.1 Å². The van der Waals surface area contributed by atoms with E-state index < -0.39 is 4.92 Å². The number of furan rings is 1. The van der Waals surface area contributed by atoms with E-state index in [1.54, 1.807) is 12.1 Å². The largest absolute Gasteiger partial charge is 1.00 e. The maximum absolute atomic E-state index is 10.6. The van der Waals surface area contributed by atoms with Gasteiger partial charge in [-0.3, -0.25) is 10.1 Å². The number of benzene rings is 1. The van der Waals surface area contributed by atoms with Crippen LogP contribution >= 0.6 is 0 Å². The zero-order valence-corrected chi connectivity index (χ0v) is 13.3. The van der Waals surface area contributed by atoms with Crippen LogP contribution in [-0.2, 0) is 6.54 Å². The molecule has 5 nitrogen and oxygen atoms in total. The van der Waals surface area contributed by atoms with Gasteiger partial charge in [-0.1, -0.05) is 0 Å². The van der Waals surface area contributed by atoms with Crippen molar-refractivity contribution >= 4 is 5.69 Å². The molecule has 2 aromatic rings. The van der Waals surface area contributed by atoms with Gasteiger partial charge in [-0.25, -0.2) is 0 Å². The number of quaternary nitrogens is 1. The number of non-ortho nitro benzene ring substituents is 1. The van der Waals surface area contributed by atoms with E-state index >= 15 is 0 Å². The predicted octanol–water partition coefficient (Wildman–Crippen LogP) is 0.0650. The van der Waals surface area contributed by atoms with Gasteiger partial charge in [0, 0.05) is 17.7 Å². The van der Waals surface area contributed by atoms with Gasteiger partial charge in [-0.2, -0.15) is 0 Å². The van der Waals surface area contributed by atoms with E-state index in [-0.39, 0.29) is 22.7 Å². The summed E-state index contributed by atoms with van der Waals surface area (Å²) in [5.74, 6) is 1.64. The van der Waals surface area contributed by atoms with Crippen molar-refractivity contribution in [2.24, 2.45) is 0 Å². The Kier molecular flexibility index (Phi) is 5.08. The van der Waals surface area contributed by atoms with Crippen molar-refractivity contribution in [3.63, 3.8) is 0 Å². The van der Waals surface area contributed by atoms with Crippen LogP contribution in [0.15, 0.2) is 40.8 Å². The van der Waals surface area contributed by atoms with Crippen LogP contribution in [-0.4, -0.2) is 30.5 Å². The van der Waals surface area contributed by atoms with Crippen molar-refractivity contribution in [1.29, 1.82) is 0 Å². The molecule has 0 N–H and O–H groups in total. The van der Waals surface area contributed by atoms with Crippen LogP contribution in [0.3, 0.4) is 0 Å². The first kappa shape index (κ1) is 16.4. The SMILES string of the molecule is C[N+](C)(C)Cc1ccc(-c2ccc([N+](=O)[O-])cc2)o1.[Br-]. The fraction of sp³-hybridized carbons (Fsp3) is 0.286. The van der Waals surface area contributed by atoms with E-state index in [1.807, 2.05) is 12.1 Å². The highest BCUT2D eigenvalue weighted by atomic mass is 79.9. The minimum Gasteiger partial charge on any atom is -1.00 e. The summed E-state index contributed by atoms with van der Waals surface area (Å²) < 4.78 is 6.55. The lowest BCUT2D eigenvalue weighted by Gasteiger charge is -2.22. The molecule has 108 valence electrons. The van der Waals surface area contributed by atoms with E-state index in [2.05, 4.69) is 21.1 Å². The molecular weight excluding hydrogens is 324 g/mol. The minimum atomic E-state index is -0.408. The van der Waals surface area contributed by atoms with Crippen LogP contribution in [0.2, 0.25) is 0 Å². The molecule has 0 aliphatic rings. The molecule has 0 amide bonds. The molecular formula is C14H17BrN2O3. The third kappa shape index (κ3) is 4.18. The van der Waals surface area contributed by atoms with Gasteiger partial charge in [-0.05, 0) is 24.3 Å². The maximum atomic E-state index is 10.6. The first-order valence-corrected chi connectivity index (χ1v) is 5.99. The van der Waals surface area contributed by atoms with E-state index in [0.717, 1.165) is 28.1 Å². The Morgan fingerprint density at radius 2 is 1.70 bits per heavy atom. The highest BCUT2D eigenvalue weighted by Crippen LogP contribution is 2.25. The molecule has 0 unspecified atom stereocenters. The van der Waals surface area contributed by atoms with Gasteiger partial charge in [0.25, 0.3) is 5.69 Å². The fourth-order valence-electron chi connectivity index (χ4n) is 1.83. The third-order valence-corrected chi connectivity index (χ3v) is 2.65. The second kappa shape index (κ2) is 6.19. The Morgan fingerprint density at radius 3 is 2.20 bits per heavy atom. The molecule has 0 aliphatic heterocycles. The molecule has 2 rings (SSSR count). The smallest absolute Gasteiger partial charge is 0.269 e. The molecule has 0 radical (unpaired) electrons. The fourth-order valence-corrected chi connectivity index (χ4v) is 1.83. The topological polar surface area (TPSA) is 56.3 Å². The predicted molar refractivity (Wildman–Crippen MR) is 72.5 cm³/mol. The molecule has 0 saturated carbocycles. The van der Waals surface area contributed by atoms with Crippen molar-refractivity contribution in [3.05, 3.63) is 52.3 Å². The second-order valence-corrected chi connectivity index (χ2v) is 5.52. The molecule has 0 atom stereocenters. The Labute approximate surface area is 128 Å². The van der Waals surface area contributed by atoms with Gasteiger partial charge in [0.1, 0.15) is 12.3 Å². The molecule has 0 bridgehead atoms. The quantitative estimate of drug-likeness (QED) is 0.449. The Morgan fingerprint density at radius 1 is 1.10 bits per heavy atom. The van der Waals surface area contributed by atoms with E-state index in [4.69, 9.17) is 4.42 Å². The first-order valence-electron chi connectivity index (χ1n) is 5.99. The van der Waals surface area contributed by atoms with Crippen LogP contribution in [0.5, 0.6) is 0 Å². The lowest BCUT2D eigenvalue weighted by atomic mass is 10.1. The van der Waals surface area contributed by atoms with Crippen molar-refractivity contribution in [3.8, 4) is 11.3 Å². The molecule has 0 aliphatic carbocycles. The summed E-state index contributed by atoms with van der Waals surface area (Å²) in [6.45, 7) is 0.799. The van der Waals surface area contributed by atoms with Crippen molar-refractivity contribution in [2.75, 3.05) is 21.1 Å². The van der Waals surface area contributed by atoms with Crippen LogP contribution in [0.25, 0.3) is 11.3 Å². The zero-order valence-electron chi connectivity index (χ0n) is 11.7. The summed E-state index contributed by atoms with van der Waals surface area (Å²) in [5.41, 5.74) is 0.931. The Hall–Kier alpha value is -1.66. The number of hydrogen-bond acceptors (Lipinski definition) is 3. The third-order valence-electron chi connectivity index (χ3n) is 2.65. The molecule has 0 spiro atoms. The van der Waals surface area contributed by atoms with Crippen LogP contribution in [0.4, 0.5) is 5.69 Å².